The molecule has 0 aromatic heterocycles. The van der Waals surface area contributed by atoms with Crippen LogP contribution in [0.4, 0.5) is 17.1 Å². The maximum atomic E-state index is 12.3. The Morgan fingerprint density at radius 1 is 1.14 bits per heavy atom. The molecule has 0 heterocycles. The third kappa shape index (κ3) is 3.29. The largest absolute Gasteiger partial charge is 0.399 e. The molecule has 3 N–H and O–H groups in total. The van der Waals surface area contributed by atoms with Crippen LogP contribution in [0, 0.1) is 17.0 Å². The number of nitro groups is 1. The Morgan fingerprint density at radius 2 is 1.76 bits per heavy atom. The van der Waals surface area contributed by atoms with Crippen LogP contribution in [0.5, 0.6) is 0 Å². The van der Waals surface area contributed by atoms with E-state index in [1.165, 1.54) is 6.07 Å². The molecule has 0 atom stereocenters. The summed E-state index contributed by atoms with van der Waals surface area (Å²) < 4.78 is 26.8. The summed E-state index contributed by atoms with van der Waals surface area (Å²) in [7, 11) is -4.07. The van der Waals surface area contributed by atoms with Crippen LogP contribution in [-0.4, -0.2) is 13.3 Å². The van der Waals surface area contributed by atoms with Crippen molar-refractivity contribution in [1.82, 2.24) is 0 Å². The minimum Gasteiger partial charge on any atom is -0.399 e. The lowest BCUT2D eigenvalue weighted by molar-refractivity contribution is -0.387. The van der Waals surface area contributed by atoms with Crippen LogP contribution in [0.3, 0.4) is 0 Å². The van der Waals surface area contributed by atoms with E-state index in [4.69, 9.17) is 5.73 Å². The second-order valence-electron chi connectivity index (χ2n) is 4.46. The van der Waals surface area contributed by atoms with E-state index in [9.17, 15) is 18.5 Å². The number of rotatable bonds is 4. The van der Waals surface area contributed by atoms with Crippen LogP contribution in [0.15, 0.2) is 47.4 Å². The highest BCUT2D eigenvalue weighted by Crippen LogP contribution is 2.27. The topological polar surface area (TPSA) is 115 Å². The number of benzene rings is 2. The SMILES string of the molecule is Cc1ccc(NS(=O)(=O)c2ccc(N)cc2[N+](=O)[O-])cc1. The van der Waals surface area contributed by atoms with Crippen LogP contribution in [0.1, 0.15) is 5.56 Å². The highest BCUT2D eigenvalue weighted by atomic mass is 32.2. The van der Waals surface area contributed by atoms with E-state index >= 15 is 0 Å². The third-order valence-corrected chi connectivity index (χ3v) is 4.20. The minimum atomic E-state index is -4.07. The fourth-order valence-electron chi connectivity index (χ4n) is 1.74. The molecule has 0 bridgehead atoms. The first kappa shape index (κ1) is 14.8. The number of nitrogens with one attached hydrogen (secondary N) is 1. The lowest BCUT2D eigenvalue weighted by Crippen LogP contribution is -2.15. The number of nitrogens with two attached hydrogens (primary N) is 1. The smallest absolute Gasteiger partial charge is 0.291 e. The van der Waals surface area contributed by atoms with E-state index in [0.29, 0.717) is 5.69 Å². The van der Waals surface area contributed by atoms with Crippen LogP contribution >= 0.6 is 0 Å². The van der Waals surface area contributed by atoms with Crippen molar-refractivity contribution in [3.8, 4) is 0 Å². The van der Waals surface area contributed by atoms with Gasteiger partial charge in [0, 0.05) is 17.4 Å². The molecule has 0 spiro atoms. The van der Waals surface area contributed by atoms with Gasteiger partial charge in [-0.25, -0.2) is 8.42 Å². The van der Waals surface area contributed by atoms with Crippen molar-refractivity contribution in [1.29, 1.82) is 0 Å². The number of sulfonamides is 1. The molecule has 0 aliphatic heterocycles. The van der Waals surface area contributed by atoms with Gasteiger partial charge in [-0.05, 0) is 31.2 Å². The van der Waals surface area contributed by atoms with Gasteiger partial charge in [0.15, 0.2) is 4.90 Å². The Bertz CT molecular complexity index is 786. The van der Waals surface area contributed by atoms with E-state index in [1.807, 2.05) is 6.92 Å². The van der Waals surface area contributed by atoms with Crippen molar-refractivity contribution in [3.63, 3.8) is 0 Å². The molecule has 8 heteroatoms. The van der Waals surface area contributed by atoms with Gasteiger partial charge < -0.3 is 5.73 Å². The normalized spacial score (nSPS) is 11.1. The van der Waals surface area contributed by atoms with Crippen molar-refractivity contribution < 1.29 is 13.3 Å². The van der Waals surface area contributed by atoms with Crippen LogP contribution < -0.4 is 10.5 Å². The molecule has 0 radical (unpaired) electrons. The van der Waals surface area contributed by atoms with Crippen molar-refractivity contribution in [2.24, 2.45) is 0 Å². The lowest BCUT2D eigenvalue weighted by Gasteiger charge is -2.09. The van der Waals surface area contributed by atoms with Gasteiger partial charge in [-0.3, -0.25) is 14.8 Å². The first-order chi connectivity index (χ1) is 9.79. The number of nitro benzene ring substituents is 1. The first-order valence-electron chi connectivity index (χ1n) is 5.93. The van der Waals surface area contributed by atoms with Gasteiger partial charge in [-0.1, -0.05) is 17.7 Å². The number of hydrogen-bond donors (Lipinski definition) is 2. The van der Waals surface area contributed by atoms with E-state index in [2.05, 4.69) is 4.72 Å². The summed E-state index contributed by atoms with van der Waals surface area (Å²) in [6.07, 6.45) is 0. The molecule has 2 rings (SSSR count). The molecule has 0 aliphatic carbocycles. The summed E-state index contributed by atoms with van der Waals surface area (Å²) in [6.45, 7) is 1.86. The molecule has 2 aromatic rings. The first-order valence-corrected chi connectivity index (χ1v) is 7.41. The molecule has 0 unspecified atom stereocenters. The van der Waals surface area contributed by atoms with Gasteiger partial charge >= 0.3 is 0 Å². The predicted octanol–water partition coefficient (Wildman–Crippen LogP) is 2.29. The van der Waals surface area contributed by atoms with Crippen molar-refractivity contribution in [2.75, 3.05) is 10.5 Å². The molecule has 2 aromatic carbocycles. The third-order valence-electron chi connectivity index (χ3n) is 2.77. The predicted molar refractivity (Wildman–Crippen MR) is 79.5 cm³/mol. The molecule has 0 amide bonds. The zero-order valence-electron chi connectivity index (χ0n) is 11.1. The van der Waals surface area contributed by atoms with E-state index in [-0.39, 0.29) is 5.69 Å². The minimum absolute atomic E-state index is 0.121. The molecule has 110 valence electrons. The summed E-state index contributed by atoms with van der Waals surface area (Å²) in [6, 6.07) is 10.1. The maximum Gasteiger partial charge on any atom is 0.291 e. The van der Waals surface area contributed by atoms with Crippen LogP contribution in [0.2, 0.25) is 0 Å². The van der Waals surface area contributed by atoms with E-state index in [1.54, 1.807) is 24.3 Å². The van der Waals surface area contributed by atoms with Crippen LogP contribution in [-0.2, 0) is 10.0 Å². The highest BCUT2D eigenvalue weighted by Gasteiger charge is 2.26. The van der Waals surface area contributed by atoms with Gasteiger partial charge in [-0.2, -0.15) is 0 Å². The Morgan fingerprint density at radius 3 is 2.33 bits per heavy atom. The molecule has 21 heavy (non-hydrogen) atoms. The maximum absolute atomic E-state index is 12.3. The monoisotopic (exact) mass is 307 g/mol. The van der Waals surface area contributed by atoms with Gasteiger partial charge in [0.1, 0.15) is 0 Å². The molecular weight excluding hydrogens is 294 g/mol. The second-order valence-corrected chi connectivity index (χ2v) is 6.11. The second kappa shape index (κ2) is 5.41. The Balaban J connectivity index is 2.44. The number of anilines is 2. The van der Waals surface area contributed by atoms with Crippen molar-refractivity contribution >= 4 is 27.1 Å². The molecule has 0 saturated carbocycles. The summed E-state index contributed by atoms with van der Waals surface area (Å²) in [5.41, 5.74) is 6.31. The fourth-order valence-corrected chi connectivity index (χ4v) is 2.95. The summed E-state index contributed by atoms with van der Waals surface area (Å²) in [5.74, 6) is 0. The van der Waals surface area contributed by atoms with Crippen molar-refractivity contribution in [2.45, 2.75) is 11.8 Å². The number of aryl methyl sites for hydroxylation is 1. The van der Waals surface area contributed by atoms with E-state index < -0.39 is 25.5 Å². The summed E-state index contributed by atoms with van der Waals surface area (Å²) in [4.78, 5) is 9.77. The lowest BCUT2D eigenvalue weighted by atomic mass is 10.2. The van der Waals surface area contributed by atoms with E-state index in [0.717, 1.165) is 17.7 Å². The average Bonchev–Trinajstić information content (AvgIpc) is 2.40. The molecule has 7 nitrogen and oxygen atoms in total. The van der Waals surface area contributed by atoms with Gasteiger partial charge in [0.2, 0.25) is 0 Å². The fraction of sp³-hybridized carbons (Fsp3) is 0.0769. The Kier molecular flexibility index (Phi) is 3.81. The molecule has 0 aliphatic rings. The zero-order valence-corrected chi connectivity index (χ0v) is 11.9. The molecule has 0 fully saturated rings. The van der Waals surface area contributed by atoms with Crippen LogP contribution in [0.25, 0.3) is 0 Å². The zero-order chi connectivity index (χ0) is 15.6. The summed E-state index contributed by atoms with van der Waals surface area (Å²) in [5, 5.41) is 11.0. The molecule has 0 saturated heterocycles. The molecular formula is C13H13N3O4S. The van der Waals surface area contributed by atoms with Crippen molar-refractivity contribution in [3.05, 3.63) is 58.1 Å². The van der Waals surface area contributed by atoms with Gasteiger partial charge in [0.05, 0.1) is 4.92 Å². The highest BCUT2D eigenvalue weighted by molar-refractivity contribution is 7.92. The quantitative estimate of drug-likeness (QED) is 0.511. The number of nitrogens with zero attached hydrogens (tertiary/aromatic N) is 1. The van der Waals surface area contributed by atoms with Gasteiger partial charge in [-0.15, -0.1) is 0 Å². The Labute approximate surface area is 121 Å². The average molecular weight is 307 g/mol. The van der Waals surface area contributed by atoms with Gasteiger partial charge in [0.25, 0.3) is 15.7 Å². The standard InChI is InChI=1S/C13H13N3O4S/c1-9-2-5-11(6-3-9)15-21(19,20)13-7-4-10(14)8-12(13)16(17)18/h2-8,15H,14H2,1H3. The Hall–Kier alpha value is -2.61. The summed E-state index contributed by atoms with van der Waals surface area (Å²) >= 11 is 0. The number of nitrogen functional groups attached to an aromatic ring is 1. The number of hydrogen-bond acceptors (Lipinski definition) is 5.